The first-order valence-corrected chi connectivity index (χ1v) is 22.7. The molecule has 5 rings (SSSR count). The number of fused-ring (bicyclic) bond motifs is 2. The van der Waals surface area contributed by atoms with Crippen LogP contribution in [-0.2, 0) is 56.0 Å². The van der Waals surface area contributed by atoms with Crippen LogP contribution in [0.3, 0.4) is 0 Å². The van der Waals surface area contributed by atoms with Gasteiger partial charge in [0.15, 0.2) is 5.96 Å². The lowest BCUT2D eigenvalue weighted by Crippen LogP contribution is -2.62. The number of nitrogens with one attached hydrogen (secondary N) is 6. The smallest absolute Gasteiger partial charge is 0.246 e. The van der Waals surface area contributed by atoms with Crippen LogP contribution in [0.2, 0.25) is 0 Å². The van der Waals surface area contributed by atoms with E-state index in [1.807, 2.05) is 0 Å². The molecule has 3 heterocycles. The summed E-state index contributed by atoms with van der Waals surface area (Å²) in [6, 6.07) is 0.240. The van der Waals surface area contributed by atoms with Crippen molar-refractivity contribution in [1.82, 2.24) is 41.7 Å². The molecule has 0 saturated carbocycles. The predicted molar refractivity (Wildman–Crippen MR) is 246 cm³/mol. The fourth-order valence-electron chi connectivity index (χ4n) is 8.46. The highest BCUT2D eigenvalue weighted by atomic mass is 16.3. The third-order valence-electron chi connectivity index (χ3n) is 12.1. The third kappa shape index (κ3) is 14.5. The number of aliphatic hydroxyl groups excluding tert-OH is 1. The summed E-state index contributed by atoms with van der Waals surface area (Å²) in [5.74, 6) is -8.21. The molecule has 0 bridgehead atoms. The lowest BCUT2D eigenvalue weighted by molar-refractivity contribution is -0.144. The van der Waals surface area contributed by atoms with Crippen molar-refractivity contribution in [2.24, 2.45) is 22.2 Å². The lowest BCUT2D eigenvalue weighted by atomic mass is 10.0. The van der Waals surface area contributed by atoms with Crippen molar-refractivity contribution in [3.63, 3.8) is 0 Å². The van der Waals surface area contributed by atoms with Gasteiger partial charge < -0.3 is 74.2 Å². The Bertz CT molecular complexity index is 2260. The van der Waals surface area contributed by atoms with Crippen molar-refractivity contribution in [3.8, 4) is 11.5 Å². The van der Waals surface area contributed by atoms with Gasteiger partial charge in [0, 0.05) is 32.5 Å². The molecule has 3 fully saturated rings. The fourth-order valence-corrected chi connectivity index (χ4v) is 8.46. The van der Waals surface area contributed by atoms with Crippen LogP contribution >= 0.6 is 0 Å². The van der Waals surface area contributed by atoms with E-state index in [1.54, 1.807) is 0 Å². The molecule has 374 valence electrons. The fraction of sp³-hybridized carbons (Fsp3) is 0.511. The number of phenolic OH excluding ortho intramolecular Hbond substituents is 2. The maximum absolute atomic E-state index is 14.7. The molecule has 9 atom stereocenters. The van der Waals surface area contributed by atoms with Gasteiger partial charge in [-0.15, -0.1) is 0 Å². The number of guanidine groups is 1. The highest BCUT2D eigenvalue weighted by Gasteiger charge is 2.43. The Morgan fingerprint density at radius 1 is 0.638 bits per heavy atom. The summed E-state index contributed by atoms with van der Waals surface area (Å²) in [4.78, 5) is 132. The highest BCUT2D eigenvalue weighted by molar-refractivity contribution is 6.00. The molecule has 0 aromatic heterocycles. The zero-order chi connectivity index (χ0) is 50.5. The van der Waals surface area contributed by atoms with E-state index in [0.717, 1.165) is 4.90 Å². The zero-order valence-corrected chi connectivity index (χ0v) is 38.4. The molecule has 3 aliphatic rings. The average Bonchev–Trinajstić information content (AvgIpc) is 4.00. The van der Waals surface area contributed by atoms with E-state index in [1.165, 1.54) is 67.3 Å². The Morgan fingerprint density at radius 3 is 1.61 bits per heavy atom. The summed E-state index contributed by atoms with van der Waals surface area (Å²) in [6.45, 7) is 2.56. The van der Waals surface area contributed by atoms with E-state index in [0.29, 0.717) is 24.0 Å². The van der Waals surface area contributed by atoms with E-state index in [2.05, 4.69) is 36.9 Å². The van der Waals surface area contributed by atoms with E-state index in [9.17, 15) is 58.5 Å². The number of rotatable bonds is 11. The number of amides is 9. The number of benzene rings is 2. The number of aliphatic hydroxyl groups is 1. The molecule has 69 heavy (non-hydrogen) atoms. The quantitative estimate of drug-likeness (QED) is 0.0583. The molecule has 0 aliphatic carbocycles. The number of phenols is 2. The summed E-state index contributed by atoms with van der Waals surface area (Å²) >= 11 is 0. The number of aliphatic imine (C=N–C) groups is 1. The van der Waals surface area contributed by atoms with Crippen LogP contribution in [0.4, 0.5) is 0 Å². The van der Waals surface area contributed by atoms with Crippen molar-refractivity contribution in [2.45, 2.75) is 126 Å². The van der Waals surface area contributed by atoms with Gasteiger partial charge in [-0.2, -0.15) is 0 Å². The van der Waals surface area contributed by atoms with Gasteiger partial charge in [0.25, 0.3) is 0 Å². The van der Waals surface area contributed by atoms with Gasteiger partial charge in [0.05, 0.1) is 12.5 Å². The van der Waals surface area contributed by atoms with Crippen LogP contribution < -0.4 is 49.1 Å². The number of carbonyl (C=O) groups excluding carboxylic acids is 9. The van der Waals surface area contributed by atoms with Gasteiger partial charge in [-0.1, -0.05) is 24.3 Å². The van der Waals surface area contributed by atoms with Gasteiger partial charge in [-0.3, -0.25) is 48.1 Å². The first kappa shape index (κ1) is 52.5. The number of carbonyl (C=O) groups is 9. The molecular weight excluding hydrogens is 901 g/mol. The van der Waals surface area contributed by atoms with Crippen molar-refractivity contribution in [2.75, 3.05) is 19.6 Å². The average molecular weight is 963 g/mol. The molecule has 3 aliphatic heterocycles. The summed E-state index contributed by atoms with van der Waals surface area (Å²) in [7, 11) is 0. The minimum absolute atomic E-state index is 0.00693. The van der Waals surface area contributed by atoms with Crippen molar-refractivity contribution in [1.29, 1.82) is 0 Å². The van der Waals surface area contributed by atoms with Crippen LogP contribution in [0.5, 0.6) is 11.5 Å². The number of hydrogen-bond donors (Lipinski definition) is 12. The van der Waals surface area contributed by atoms with Gasteiger partial charge in [-0.05, 0) is 87.8 Å². The zero-order valence-electron chi connectivity index (χ0n) is 38.4. The topological polar surface area (TPSA) is 383 Å². The Hall–Kier alpha value is -7.50. The molecule has 0 radical (unpaired) electrons. The third-order valence-corrected chi connectivity index (χ3v) is 12.1. The second-order valence-electron chi connectivity index (χ2n) is 17.4. The number of primary amides is 1. The monoisotopic (exact) mass is 962 g/mol. The maximum Gasteiger partial charge on any atom is 0.246 e. The van der Waals surface area contributed by atoms with Crippen LogP contribution in [0.15, 0.2) is 53.5 Å². The molecule has 2 aromatic rings. The molecule has 24 heteroatoms. The number of nitrogens with zero attached hydrogens (tertiary/aromatic N) is 3. The van der Waals surface area contributed by atoms with E-state index >= 15 is 0 Å². The van der Waals surface area contributed by atoms with E-state index < -0.39 is 114 Å². The molecule has 9 amide bonds. The second-order valence-corrected chi connectivity index (χ2v) is 17.4. The summed E-state index contributed by atoms with van der Waals surface area (Å²) in [5, 5.41) is 46.1. The van der Waals surface area contributed by atoms with Crippen LogP contribution in [0, 0.1) is 0 Å². The largest absolute Gasteiger partial charge is 0.508 e. The summed E-state index contributed by atoms with van der Waals surface area (Å²) in [6.07, 6.45) is -1.61. The molecule has 0 unspecified atom stereocenters. The Morgan fingerprint density at radius 2 is 1.10 bits per heavy atom. The summed E-state index contributed by atoms with van der Waals surface area (Å²) in [5.41, 5.74) is 17.5. The molecule has 0 spiro atoms. The number of aromatic hydroxyl groups is 2. The van der Waals surface area contributed by atoms with Gasteiger partial charge in [-0.25, -0.2) is 0 Å². The Labute approximate surface area is 397 Å². The molecule has 3 saturated heterocycles. The number of hydrogen-bond acceptors (Lipinski definition) is 13. The normalized spacial score (nSPS) is 26.2. The van der Waals surface area contributed by atoms with Crippen molar-refractivity contribution < 1.29 is 58.5 Å². The SMILES string of the molecule is C[C@@H]1NC(=O)[C@H]([C@@H](C)O)NC(=O)[C@H](Cc2ccc(O)cc2)NC(=O)[C@@H]2CCCN2C(=O)[C@H](Cc2ccc(O)cc2)NC(=O)[C@H](CCCN=C(N)N)NC(=O)[C@@H]2CCCN2C(=O)[C@H](CC(N)=O)NC1=O. The molecular formula is C45H62N12O12. The van der Waals surface area contributed by atoms with E-state index in [4.69, 9.17) is 17.2 Å². The van der Waals surface area contributed by atoms with Crippen molar-refractivity contribution in [3.05, 3.63) is 59.7 Å². The standard InChI is InChI=1S/C45H62N12O12/c1-23-37(62)53-32(22-35(46)61)44(69)57-19-4-7-33(57)40(65)51-29(6-3-17-49-45(47)48)38(63)54-31(21-26-11-15-28(60)16-12-26)43(68)56-18-5-8-34(56)41(66)52-30(20-25-9-13-27(59)14-10-25)39(64)55-36(24(2)58)42(67)50-23/h9-16,23-24,29-34,36,58-60H,3-8,17-22H2,1-2H3,(H2,46,61)(H,50,67)(H,51,65)(H,52,66)(H,53,62)(H,54,63)(H,55,64)(H4,47,48,49)/t23-,24+,29-,30-,31-,32-,33-,34-,36-/m0/s1. The van der Waals surface area contributed by atoms with Crippen molar-refractivity contribution >= 4 is 59.1 Å². The minimum atomic E-state index is -1.71. The van der Waals surface area contributed by atoms with Gasteiger partial charge >= 0.3 is 0 Å². The van der Waals surface area contributed by atoms with Crippen LogP contribution in [-0.4, -0.2) is 158 Å². The Kier molecular flexibility index (Phi) is 18.2. The van der Waals surface area contributed by atoms with Crippen LogP contribution in [0.25, 0.3) is 0 Å². The second kappa shape index (κ2) is 24.0. The van der Waals surface area contributed by atoms with Gasteiger partial charge in [0.1, 0.15) is 59.8 Å². The predicted octanol–water partition coefficient (Wildman–Crippen LogP) is -3.88. The lowest BCUT2D eigenvalue weighted by Gasteiger charge is -2.32. The first-order valence-electron chi connectivity index (χ1n) is 22.7. The molecule has 24 nitrogen and oxygen atoms in total. The van der Waals surface area contributed by atoms with Gasteiger partial charge in [0.2, 0.25) is 53.2 Å². The van der Waals surface area contributed by atoms with Crippen LogP contribution in [0.1, 0.15) is 69.9 Å². The first-order chi connectivity index (χ1) is 32.7. The molecule has 15 N–H and O–H groups in total. The highest BCUT2D eigenvalue weighted by Crippen LogP contribution is 2.23. The van der Waals surface area contributed by atoms with E-state index in [-0.39, 0.29) is 75.6 Å². The number of nitrogens with two attached hydrogens (primary N) is 3. The molecule has 2 aromatic carbocycles. The maximum atomic E-state index is 14.7. The minimum Gasteiger partial charge on any atom is -0.508 e. The summed E-state index contributed by atoms with van der Waals surface area (Å²) < 4.78 is 0. The Balaban J connectivity index is 1.57.